The predicted molar refractivity (Wildman–Crippen MR) is 84.6 cm³/mol. The van der Waals surface area contributed by atoms with Crippen molar-refractivity contribution in [2.24, 2.45) is 0 Å². The summed E-state index contributed by atoms with van der Waals surface area (Å²) in [7, 11) is 0. The molecule has 0 fully saturated rings. The fourth-order valence-corrected chi connectivity index (χ4v) is 1.92. The van der Waals surface area contributed by atoms with Crippen LogP contribution >= 0.6 is 0 Å². The van der Waals surface area contributed by atoms with Crippen LogP contribution in [-0.4, -0.2) is 30.2 Å². The first-order chi connectivity index (χ1) is 10.5. The number of carbonyl (C=O) groups excluding carboxylic acids is 1. The summed E-state index contributed by atoms with van der Waals surface area (Å²) in [4.78, 5) is 11.2. The molecule has 0 aliphatic carbocycles. The molecule has 0 aromatic heterocycles. The zero-order chi connectivity index (χ0) is 15.9. The Balaban J connectivity index is 1.77. The number of aryl methyl sites for hydroxylation is 1. The van der Waals surface area contributed by atoms with Crippen molar-refractivity contribution >= 4 is 5.78 Å². The van der Waals surface area contributed by atoms with Crippen molar-refractivity contribution in [1.29, 1.82) is 0 Å². The molecule has 1 unspecified atom stereocenters. The molecule has 0 spiro atoms. The van der Waals surface area contributed by atoms with Gasteiger partial charge in [-0.2, -0.15) is 0 Å². The van der Waals surface area contributed by atoms with E-state index in [1.54, 1.807) is 24.3 Å². The van der Waals surface area contributed by atoms with E-state index in [2.05, 4.69) is 0 Å². The minimum atomic E-state index is -0.729. The SMILES string of the molecule is CC(=O)c1ccc(OCC(O)COc2cccc(C)c2)cc1. The summed E-state index contributed by atoms with van der Waals surface area (Å²) in [6.07, 6.45) is -0.729. The van der Waals surface area contributed by atoms with Gasteiger partial charge in [0.1, 0.15) is 30.8 Å². The molecule has 0 heterocycles. The zero-order valence-electron chi connectivity index (χ0n) is 12.8. The van der Waals surface area contributed by atoms with Crippen LogP contribution < -0.4 is 9.47 Å². The summed E-state index contributed by atoms with van der Waals surface area (Å²) >= 11 is 0. The van der Waals surface area contributed by atoms with E-state index < -0.39 is 6.10 Å². The van der Waals surface area contributed by atoms with Crippen LogP contribution in [-0.2, 0) is 0 Å². The highest BCUT2D eigenvalue weighted by Crippen LogP contribution is 2.14. The largest absolute Gasteiger partial charge is 0.491 e. The molecule has 4 nitrogen and oxygen atoms in total. The van der Waals surface area contributed by atoms with E-state index >= 15 is 0 Å². The minimum Gasteiger partial charge on any atom is -0.491 e. The Labute approximate surface area is 130 Å². The molecular formula is C18H20O4. The van der Waals surface area contributed by atoms with Crippen molar-refractivity contribution in [2.75, 3.05) is 13.2 Å². The first kappa shape index (κ1) is 16.0. The number of hydrogen-bond acceptors (Lipinski definition) is 4. The third kappa shape index (κ3) is 4.90. The Kier molecular flexibility index (Phi) is 5.55. The van der Waals surface area contributed by atoms with Crippen LogP contribution in [0.5, 0.6) is 11.5 Å². The molecule has 1 atom stereocenters. The van der Waals surface area contributed by atoms with E-state index in [0.29, 0.717) is 11.3 Å². The van der Waals surface area contributed by atoms with Gasteiger partial charge < -0.3 is 14.6 Å². The maximum atomic E-state index is 11.2. The highest BCUT2D eigenvalue weighted by Gasteiger charge is 2.07. The average molecular weight is 300 g/mol. The number of rotatable bonds is 7. The van der Waals surface area contributed by atoms with E-state index in [1.807, 2.05) is 31.2 Å². The molecule has 0 aliphatic heterocycles. The van der Waals surface area contributed by atoms with Gasteiger partial charge in [-0.1, -0.05) is 12.1 Å². The van der Waals surface area contributed by atoms with Crippen LogP contribution in [0.25, 0.3) is 0 Å². The molecule has 0 saturated carbocycles. The highest BCUT2D eigenvalue weighted by molar-refractivity contribution is 5.94. The van der Waals surface area contributed by atoms with Crippen molar-refractivity contribution in [2.45, 2.75) is 20.0 Å². The van der Waals surface area contributed by atoms with Gasteiger partial charge in [-0.05, 0) is 55.8 Å². The van der Waals surface area contributed by atoms with Gasteiger partial charge in [-0.25, -0.2) is 0 Å². The number of aliphatic hydroxyl groups excluding tert-OH is 1. The van der Waals surface area contributed by atoms with Gasteiger partial charge >= 0.3 is 0 Å². The van der Waals surface area contributed by atoms with Crippen LogP contribution in [0.15, 0.2) is 48.5 Å². The fraction of sp³-hybridized carbons (Fsp3) is 0.278. The van der Waals surface area contributed by atoms with Crippen molar-refractivity contribution < 1.29 is 19.4 Å². The van der Waals surface area contributed by atoms with Crippen LogP contribution in [0.1, 0.15) is 22.8 Å². The van der Waals surface area contributed by atoms with Gasteiger partial charge in [-0.15, -0.1) is 0 Å². The second-order valence-corrected chi connectivity index (χ2v) is 5.17. The average Bonchev–Trinajstić information content (AvgIpc) is 2.51. The summed E-state index contributed by atoms with van der Waals surface area (Å²) in [6.45, 7) is 3.79. The lowest BCUT2D eigenvalue weighted by atomic mass is 10.1. The van der Waals surface area contributed by atoms with E-state index in [-0.39, 0.29) is 19.0 Å². The van der Waals surface area contributed by atoms with Gasteiger partial charge in [-0.3, -0.25) is 4.79 Å². The molecule has 2 rings (SSSR count). The summed E-state index contributed by atoms with van der Waals surface area (Å²) in [5.74, 6) is 1.35. The first-order valence-corrected chi connectivity index (χ1v) is 7.16. The van der Waals surface area contributed by atoms with Crippen LogP contribution in [0, 0.1) is 6.92 Å². The maximum Gasteiger partial charge on any atom is 0.159 e. The predicted octanol–water partition coefficient (Wildman–Crippen LogP) is 3.02. The van der Waals surface area contributed by atoms with Gasteiger partial charge in [0.15, 0.2) is 5.78 Å². The third-order valence-electron chi connectivity index (χ3n) is 3.14. The number of ether oxygens (including phenoxy) is 2. The highest BCUT2D eigenvalue weighted by atomic mass is 16.5. The Bertz CT molecular complexity index is 619. The van der Waals surface area contributed by atoms with Crippen LogP contribution in [0.3, 0.4) is 0 Å². The minimum absolute atomic E-state index is 0.0122. The second kappa shape index (κ2) is 7.61. The molecule has 116 valence electrons. The summed E-state index contributed by atoms with van der Waals surface area (Å²) in [5.41, 5.74) is 1.74. The second-order valence-electron chi connectivity index (χ2n) is 5.17. The third-order valence-corrected chi connectivity index (χ3v) is 3.14. The van der Waals surface area contributed by atoms with E-state index in [4.69, 9.17) is 9.47 Å². The fourth-order valence-electron chi connectivity index (χ4n) is 1.92. The van der Waals surface area contributed by atoms with Crippen molar-refractivity contribution in [3.05, 3.63) is 59.7 Å². The molecule has 22 heavy (non-hydrogen) atoms. The summed E-state index contributed by atoms with van der Waals surface area (Å²) in [5, 5.41) is 9.88. The van der Waals surface area contributed by atoms with Gasteiger partial charge in [0.2, 0.25) is 0 Å². The lowest BCUT2D eigenvalue weighted by Gasteiger charge is -2.14. The molecule has 0 radical (unpaired) electrons. The van der Waals surface area contributed by atoms with Crippen molar-refractivity contribution in [3.63, 3.8) is 0 Å². The van der Waals surface area contributed by atoms with Gasteiger partial charge in [0.05, 0.1) is 0 Å². The maximum absolute atomic E-state index is 11.2. The lowest BCUT2D eigenvalue weighted by molar-refractivity contribution is 0.0626. The molecule has 1 N–H and O–H groups in total. The standard InChI is InChI=1S/C18H20O4/c1-13-4-3-5-18(10-13)22-12-16(20)11-21-17-8-6-15(7-9-17)14(2)19/h3-10,16,20H,11-12H2,1-2H3. The Hall–Kier alpha value is -2.33. The Morgan fingerprint density at radius 2 is 1.68 bits per heavy atom. The zero-order valence-corrected chi connectivity index (χ0v) is 12.8. The Morgan fingerprint density at radius 1 is 1.05 bits per heavy atom. The van der Waals surface area contributed by atoms with Crippen LogP contribution in [0.4, 0.5) is 0 Å². The van der Waals surface area contributed by atoms with Crippen molar-refractivity contribution in [1.82, 2.24) is 0 Å². The summed E-state index contributed by atoms with van der Waals surface area (Å²) < 4.78 is 11.0. The first-order valence-electron chi connectivity index (χ1n) is 7.16. The molecule has 0 saturated heterocycles. The van der Waals surface area contributed by atoms with E-state index in [9.17, 15) is 9.90 Å². The molecular weight excluding hydrogens is 280 g/mol. The smallest absolute Gasteiger partial charge is 0.159 e. The summed E-state index contributed by atoms with van der Waals surface area (Å²) in [6, 6.07) is 14.5. The molecule has 0 amide bonds. The number of ketones is 1. The molecule has 2 aromatic carbocycles. The van der Waals surface area contributed by atoms with E-state index in [1.165, 1.54) is 6.92 Å². The number of Topliss-reactive ketones (excluding diaryl/α,β-unsaturated/α-hetero) is 1. The van der Waals surface area contributed by atoms with E-state index in [0.717, 1.165) is 11.3 Å². The normalized spacial score (nSPS) is 11.8. The number of benzene rings is 2. The quantitative estimate of drug-likeness (QED) is 0.799. The lowest BCUT2D eigenvalue weighted by Crippen LogP contribution is -2.25. The molecule has 0 aliphatic rings. The number of hydrogen-bond donors (Lipinski definition) is 1. The monoisotopic (exact) mass is 300 g/mol. The molecule has 2 aromatic rings. The van der Waals surface area contributed by atoms with Gasteiger partial charge in [0.25, 0.3) is 0 Å². The van der Waals surface area contributed by atoms with Gasteiger partial charge in [0, 0.05) is 5.56 Å². The Morgan fingerprint density at radius 3 is 2.27 bits per heavy atom. The molecule has 0 bridgehead atoms. The number of carbonyl (C=O) groups is 1. The topological polar surface area (TPSA) is 55.8 Å². The number of aliphatic hydroxyl groups is 1. The molecule has 4 heteroatoms. The van der Waals surface area contributed by atoms with Crippen molar-refractivity contribution in [3.8, 4) is 11.5 Å². The van der Waals surface area contributed by atoms with Crippen LogP contribution in [0.2, 0.25) is 0 Å².